The molecule has 0 spiro atoms. The Morgan fingerprint density at radius 1 is 1.27 bits per heavy atom. The normalized spacial score (nSPS) is 9.73. The molecule has 0 heterocycles. The summed E-state index contributed by atoms with van der Waals surface area (Å²) < 4.78 is 0. The lowest BCUT2D eigenvalue weighted by molar-refractivity contribution is 1.19. The fraction of sp³-hybridized carbons (Fsp3) is 0.111. The second-order valence-corrected chi connectivity index (χ2v) is 3.35. The predicted octanol–water partition coefficient (Wildman–Crippen LogP) is 3.22. The summed E-state index contributed by atoms with van der Waals surface area (Å²) in [6.07, 6.45) is 1.79. The van der Waals surface area contributed by atoms with Gasteiger partial charge in [-0.2, -0.15) is 0 Å². The van der Waals surface area contributed by atoms with E-state index < -0.39 is 0 Å². The molecule has 0 fully saturated rings. The van der Waals surface area contributed by atoms with Gasteiger partial charge in [-0.15, -0.1) is 25.3 Å². The standard InChI is InChI=1S/C9H10S2/c1-3-7-4-8(10)6(2)9(11)5-7/h3-5,10-11H,1H2,2H3. The lowest BCUT2D eigenvalue weighted by Gasteiger charge is -2.03. The van der Waals surface area contributed by atoms with Crippen LogP contribution < -0.4 is 0 Å². The molecule has 0 nitrogen and oxygen atoms in total. The van der Waals surface area contributed by atoms with Gasteiger partial charge < -0.3 is 0 Å². The minimum absolute atomic E-state index is 0.965. The van der Waals surface area contributed by atoms with Crippen LogP contribution in [-0.2, 0) is 0 Å². The minimum atomic E-state index is 0.965. The van der Waals surface area contributed by atoms with Crippen LogP contribution in [0.1, 0.15) is 11.1 Å². The molecule has 0 saturated carbocycles. The number of benzene rings is 1. The highest BCUT2D eigenvalue weighted by Crippen LogP contribution is 2.23. The first-order valence-corrected chi connectivity index (χ1v) is 4.19. The highest BCUT2D eigenvalue weighted by atomic mass is 32.1. The first-order valence-electron chi connectivity index (χ1n) is 3.30. The lowest BCUT2D eigenvalue weighted by Crippen LogP contribution is -1.81. The fourth-order valence-corrected chi connectivity index (χ4v) is 1.45. The first-order chi connectivity index (χ1) is 5.15. The van der Waals surface area contributed by atoms with Gasteiger partial charge in [-0.05, 0) is 30.2 Å². The van der Waals surface area contributed by atoms with Gasteiger partial charge >= 0.3 is 0 Å². The van der Waals surface area contributed by atoms with Crippen molar-refractivity contribution < 1.29 is 0 Å². The van der Waals surface area contributed by atoms with Crippen LogP contribution in [0.4, 0.5) is 0 Å². The Morgan fingerprint density at radius 2 is 1.73 bits per heavy atom. The van der Waals surface area contributed by atoms with E-state index >= 15 is 0 Å². The molecule has 0 aliphatic rings. The molecule has 0 radical (unpaired) electrons. The molecule has 11 heavy (non-hydrogen) atoms. The largest absolute Gasteiger partial charge is 0.143 e. The van der Waals surface area contributed by atoms with Gasteiger partial charge in [0.15, 0.2) is 0 Å². The van der Waals surface area contributed by atoms with Gasteiger partial charge in [-0.25, -0.2) is 0 Å². The van der Waals surface area contributed by atoms with E-state index in [9.17, 15) is 0 Å². The highest BCUT2D eigenvalue weighted by Gasteiger charge is 1.98. The van der Waals surface area contributed by atoms with Crippen LogP contribution in [0.3, 0.4) is 0 Å². The summed E-state index contributed by atoms with van der Waals surface area (Å²) in [7, 11) is 0. The van der Waals surface area contributed by atoms with E-state index in [0.717, 1.165) is 20.9 Å². The average Bonchev–Trinajstić information content (AvgIpc) is 1.99. The van der Waals surface area contributed by atoms with E-state index in [-0.39, 0.29) is 0 Å². The number of rotatable bonds is 1. The van der Waals surface area contributed by atoms with Crippen molar-refractivity contribution >= 4 is 31.3 Å². The summed E-state index contributed by atoms with van der Waals surface area (Å²) in [5.41, 5.74) is 2.17. The fourth-order valence-electron chi connectivity index (χ4n) is 0.823. The zero-order valence-corrected chi connectivity index (χ0v) is 8.12. The molecule has 0 aliphatic carbocycles. The smallest absolute Gasteiger partial charge is 0.00862 e. The van der Waals surface area contributed by atoms with E-state index in [1.165, 1.54) is 0 Å². The molecule has 0 aromatic heterocycles. The van der Waals surface area contributed by atoms with Crippen LogP contribution in [0.2, 0.25) is 0 Å². The summed E-state index contributed by atoms with van der Waals surface area (Å²) in [5, 5.41) is 0. The highest BCUT2D eigenvalue weighted by molar-refractivity contribution is 7.81. The topological polar surface area (TPSA) is 0 Å². The SMILES string of the molecule is C=Cc1cc(S)c(C)c(S)c1. The third kappa shape index (κ3) is 1.82. The molecule has 1 aromatic carbocycles. The second kappa shape index (κ2) is 3.37. The van der Waals surface area contributed by atoms with Crippen LogP contribution in [0.5, 0.6) is 0 Å². The minimum Gasteiger partial charge on any atom is -0.143 e. The van der Waals surface area contributed by atoms with Gasteiger partial charge in [-0.1, -0.05) is 12.7 Å². The molecule has 0 aliphatic heterocycles. The summed E-state index contributed by atoms with van der Waals surface area (Å²) in [6.45, 7) is 5.67. The van der Waals surface area contributed by atoms with Gasteiger partial charge in [0.1, 0.15) is 0 Å². The van der Waals surface area contributed by atoms with Crippen molar-refractivity contribution in [3.8, 4) is 0 Å². The van der Waals surface area contributed by atoms with Crippen molar-refractivity contribution in [2.24, 2.45) is 0 Å². The zero-order chi connectivity index (χ0) is 8.43. The molecular formula is C9H10S2. The lowest BCUT2D eigenvalue weighted by atomic mass is 10.1. The zero-order valence-electron chi connectivity index (χ0n) is 6.33. The van der Waals surface area contributed by atoms with Crippen LogP contribution in [0.25, 0.3) is 6.08 Å². The van der Waals surface area contributed by atoms with Crippen molar-refractivity contribution in [2.45, 2.75) is 16.7 Å². The Bertz CT molecular complexity index is 267. The third-order valence-electron chi connectivity index (χ3n) is 1.61. The molecular weight excluding hydrogens is 172 g/mol. The van der Waals surface area contributed by atoms with Gasteiger partial charge in [-0.3, -0.25) is 0 Å². The van der Waals surface area contributed by atoms with Gasteiger partial charge in [0.25, 0.3) is 0 Å². The van der Waals surface area contributed by atoms with Gasteiger partial charge in [0.2, 0.25) is 0 Å². The van der Waals surface area contributed by atoms with Crippen molar-refractivity contribution in [1.29, 1.82) is 0 Å². The summed E-state index contributed by atoms with van der Waals surface area (Å²) >= 11 is 8.59. The van der Waals surface area contributed by atoms with E-state index in [2.05, 4.69) is 31.8 Å². The van der Waals surface area contributed by atoms with Crippen molar-refractivity contribution in [1.82, 2.24) is 0 Å². The number of hydrogen-bond donors (Lipinski definition) is 2. The van der Waals surface area contributed by atoms with Crippen LogP contribution >= 0.6 is 25.3 Å². The molecule has 1 aromatic rings. The molecule has 1 rings (SSSR count). The number of thiol groups is 2. The molecule has 2 heteroatoms. The third-order valence-corrected chi connectivity index (χ3v) is 2.54. The molecule has 0 N–H and O–H groups in total. The summed E-state index contributed by atoms with van der Waals surface area (Å²) in [5.74, 6) is 0. The quantitative estimate of drug-likeness (QED) is 0.612. The van der Waals surface area contributed by atoms with Gasteiger partial charge in [0.05, 0.1) is 0 Å². The molecule has 0 atom stereocenters. The van der Waals surface area contributed by atoms with E-state index in [1.807, 2.05) is 19.1 Å². The second-order valence-electron chi connectivity index (χ2n) is 2.39. The number of hydrogen-bond acceptors (Lipinski definition) is 2. The Balaban J connectivity index is 3.31. The molecule has 0 bridgehead atoms. The Hall–Kier alpha value is -0.340. The summed E-state index contributed by atoms with van der Waals surface area (Å²) in [4.78, 5) is 1.93. The van der Waals surface area contributed by atoms with E-state index in [4.69, 9.17) is 0 Å². The van der Waals surface area contributed by atoms with Crippen LogP contribution in [-0.4, -0.2) is 0 Å². The van der Waals surface area contributed by atoms with Gasteiger partial charge in [0, 0.05) is 9.79 Å². The average molecular weight is 182 g/mol. The molecule has 0 saturated heterocycles. The molecule has 0 unspecified atom stereocenters. The van der Waals surface area contributed by atoms with Crippen LogP contribution in [0.15, 0.2) is 28.5 Å². The first kappa shape index (κ1) is 8.75. The van der Waals surface area contributed by atoms with Crippen molar-refractivity contribution in [2.75, 3.05) is 0 Å². The summed E-state index contributed by atoms with van der Waals surface area (Å²) in [6, 6.07) is 3.95. The Kier molecular flexibility index (Phi) is 2.68. The van der Waals surface area contributed by atoms with Crippen molar-refractivity contribution in [3.63, 3.8) is 0 Å². The Morgan fingerprint density at radius 3 is 2.09 bits per heavy atom. The molecule has 58 valence electrons. The van der Waals surface area contributed by atoms with E-state index in [1.54, 1.807) is 6.08 Å². The van der Waals surface area contributed by atoms with Crippen molar-refractivity contribution in [3.05, 3.63) is 29.8 Å². The van der Waals surface area contributed by atoms with E-state index in [0.29, 0.717) is 0 Å². The Labute approximate surface area is 78.1 Å². The monoisotopic (exact) mass is 182 g/mol. The van der Waals surface area contributed by atoms with Crippen LogP contribution in [0, 0.1) is 6.92 Å². The molecule has 0 amide bonds. The maximum absolute atomic E-state index is 4.29. The predicted molar refractivity (Wildman–Crippen MR) is 55.8 cm³/mol. The maximum atomic E-state index is 4.29. The maximum Gasteiger partial charge on any atom is 0.00862 e.